The molecule has 28 heavy (non-hydrogen) atoms. The molecule has 13 heteroatoms. The van der Waals surface area contributed by atoms with Crippen LogP contribution in [0.25, 0.3) is 0 Å². The Morgan fingerprint density at radius 2 is 1.50 bits per heavy atom. The number of rotatable bonds is 14. The maximum absolute atomic E-state index is 12.5. The summed E-state index contributed by atoms with van der Waals surface area (Å²) in [5.74, 6) is -4.92. The Balaban J connectivity index is 5.02. The molecule has 0 saturated heterocycles. The number of carboxylic acid groups (broad SMARTS) is 2. The summed E-state index contributed by atoms with van der Waals surface area (Å²) in [5, 5.41) is 24.2. The predicted octanol–water partition coefficient (Wildman–Crippen LogP) is -2.98. The van der Waals surface area contributed by atoms with Crippen LogP contribution in [-0.4, -0.2) is 76.8 Å². The topological polar surface area (TPSA) is 214 Å². The van der Waals surface area contributed by atoms with Gasteiger partial charge in [0.25, 0.3) is 0 Å². The molecule has 0 fully saturated rings. The van der Waals surface area contributed by atoms with Crippen LogP contribution in [0.2, 0.25) is 0 Å². The van der Waals surface area contributed by atoms with Crippen molar-refractivity contribution in [1.82, 2.24) is 16.0 Å². The molecule has 3 atom stereocenters. The molecule has 9 N–H and O–H groups in total. The van der Waals surface area contributed by atoms with Gasteiger partial charge in [0, 0.05) is 5.75 Å². The standard InChI is InChI=1S/C15H27N5O7S/c16-4-2-1-3-9(19-13(25)8(17)5-11(21)22)15(27)20-10(7-28)14(26)18-6-12(23)24/h8-10,28H,1-7,16-17H2,(H,18,26)(H,19,25)(H,20,27)(H,21,22)(H,23,24). The van der Waals surface area contributed by atoms with Crippen molar-refractivity contribution >= 4 is 42.3 Å². The summed E-state index contributed by atoms with van der Waals surface area (Å²) in [4.78, 5) is 57.6. The largest absolute Gasteiger partial charge is 0.481 e. The molecule has 3 unspecified atom stereocenters. The SMILES string of the molecule is NCCCCC(NC(=O)C(N)CC(=O)O)C(=O)NC(CS)C(=O)NCC(=O)O. The molecule has 0 aromatic rings. The van der Waals surface area contributed by atoms with E-state index in [4.69, 9.17) is 21.7 Å². The van der Waals surface area contributed by atoms with Crippen LogP contribution in [0.5, 0.6) is 0 Å². The number of carboxylic acids is 2. The van der Waals surface area contributed by atoms with Crippen LogP contribution in [0.15, 0.2) is 0 Å². The number of nitrogens with two attached hydrogens (primary N) is 2. The molecular formula is C15H27N5O7S. The molecule has 0 aromatic heterocycles. The van der Waals surface area contributed by atoms with Crippen LogP contribution in [0, 0.1) is 0 Å². The van der Waals surface area contributed by atoms with E-state index in [1.165, 1.54) is 0 Å². The van der Waals surface area contributed by atoms with Crippen molar-refractivity contribution in [2.24, 2.45) is 11.5 Å². The number of nitrogens with one attached hydrogen (secondary N) is 3. The Morgan fingerprint density at radius 1 is 0.893 bits per heavy atom. The van der Waals surface area contributed by atoms with Gasteiger partial charge in [-0.05, 0) is 25.8 Å². The van der Waals surface area contributed by atoms with Crippen LogP contribution in [0.3, 0.4) is 0 Å². The van der Waals surface area contributed by atoms with Crippen LogP contribution in [0.4, 0.5) is 0 Å². The highest BCUT2D eigenvalue weighted by atomic mass is 32.1. The summed E-state index contributed by atoms with van der Waals surface area (Å²) in [6, 6.07) is -3.55. The average molecular weight is 421 g/mol. The van der Waals surface area contributed by atoms with Gasteiger partial charge in [-0.25, -0.2) is 0 Å². The predicted molar refractivity (Wildman–Crippen MR) is 101 cm³/mol. The molecule has 0 heterocycles. The molecule has 0 aromatic carbocycles. The molecule has 0 aliphatic heterocycles. The van der Waals surface area contributed by atoms with Crippen molar-refractivity contribution < 1.29 is 34.2 Å². The molecule has 0 rings (SSSR count). The zero-order valence-corrected chi connectivity index (χ0v) is 16.1. The van der Waals surface area contributed by atoms with Gasteiger partial charge < -0.3 is 37.6 Å². The summed E-state index contributed by atoms with van der Waals surface area (Å²) in [6.45, 7) is -0.253. The van der Waals surface area contributed by atoms with E-state index >= 15 is 0 Å². The Hall–Kier alpha value is -2.38. The second kappa shape index (κ2) is 13.7. The van der Waals surface area contributed by atoms with Gasteiger partial charge in [-0.3, -0.25) is 24.0 Å². The van der Waals surface area contributed by atoms with Crippen LogP contribution >= 0.6 is 12.6 Å². The van der Waals surface area contributed by atoms with Crippen LogP contribution in [0.1, 0.15) is 25.7 Å². The van der Waals surface area contributed by atoms with Gasteiger partial charge in [0.05, 0.1) is 12.5 Å². The van der Waals surface area contributed by atoms with Crippen molar-refractivity contribution in [1.29, 1.82) is 0 Å². The maximum atomic E-state index is 12.5. The van der Waals surface area contributed by atoms with Gasteiger partial charge in [-0.1, -0.05) is 0 Å². The first-order valence-electron chi connectivity index (χ1n) is 8.50. The Morgan fingerprint density at radius 3 is 2.00 bits per heavy atom. The lowest BCUT2D eigenvalue weighted by Crippen LogP contribution is -2.56. The van der Waals surface area contributed by atoms with E-state index in [2.05, 4.69) is 28.6 Å². The Bertz CT molecular complexity index is 575. The quantitative estimate of drug-likeness (QED) is 0.106. The highest BCUT2D eigenvalue weighted by Crippen LogP contribution is 2.03. The van der Waals surface area contributed by atoms with Crippen molar-refractivity contribution in [3.05, 3.63) is 0 Å². The number of hydrogen-bond donors (Lipinski definition) is 8. The molecule has 3 amide bonds. The van der Waals surface area contributed by atoms with E-state index in [-0.39, 0.29) is 12.2 Å². The minimum atomic E-state index is -1.35. The highest BCUT2D eigenvalue weighted by molar-refractivity contribution is 7.80. The molecule has 0 spiro atoms. The monoisotopic (exact) mass is 421 g/mol. The van der Waals surface area contributed by atoms with Gasteiger partial charge in [-0.2, -0.15) is 12.6 Å². The van der Waals surface area contributed by atoms with Gasteiger partial charge in [-0.15, -0.1) is 0 Å². The summed E-state index contributed by atoms with van der Waals surface area (Å²) in [5.41, 5.74) is 10.9. The number of thiol groups is 1. The summed E-state index contributed by atoms with van der Waals surface area (Å²) in [6.07, 6.45) is 0.639. The van der Waals surface area contributed by atoms with E-state index in [0.717, 1.165) is 0 Å². The fourth-order valence-electron chi connectivity index (χ4n) is 2.07. The third-order valence-electron chi connectivity index (χ3n) is 3.54. The van der Waals surface area contributed by atoms with Gasteiger partial charge >= 0.3 is 11.9 Å². The molecule has 0 aliphatic rings. The summed E-state index contributed by atoms with van der Waals surface area (Å²) < 4.78 is 0. The third kappa shape index (κ3) is 10.7. The van der Waals surface area contributed by atoms with E-state index < -0.39 is 60.8 Å². The van der Waals surface area contributed by atoms with E-state index in [1.807, 2.05) is 0 Å². The van der Waals surface area contributed by atoms with Gasteiger partial charge in [0.15, 0.2) is 0 Å². The Labute approximate surface area is 167 Å². The number of unbranched alkanes of at least 4 members (excludes halogenated alkanes) is 1. The lowest BCUT2D eigenvalue weighted by atomic mass is 10.1. The van der Waals surface area contributed by atoms with Crippen molar-refractivity contribution in [2.45, 2.75) is 43.8 Å². The molecule has 160 valence electrons. The zero-order valence-electron chi connectivity index (χ0n) is 15.2. The minimum Gasteiger partial charge on any atom is -0.481 e. The van der Waals surface area contributed by atoms with Crippen molar-refractivity contribution in [3.63, 3.8) is 0 Å². The first kappa shape index (κ1) is 25.6. The van der Waals surface area contributed by atoms with E-state index in [0.29, 0.717) is 19.4 Å². The lowest BCUT2D eigenvalue weighted by Gasteiger charge is -2.23. The smallest absolute Gasteiger partial charge is 0.322 e. The van der Waals surface area contributed by atoms with Crippen molar-refractivity contribution in [2.75, 3.05) is 18.8 Å². The third-order valence-corrected chi connectivity index (χ3v) is 3.91. The van der Waals surface area contributed by atoms with Crippen LogP contribution in [-0.2, 0) is 24.0 Å². The zero-order chi connectivity index (χ0) is 21.7. The summed E-state index contributed by atoms with van der Waals surface area (Å²) >= 11 is 3.96. The summed E-state index contributed by atoms with van der Waals surface area (Å²) in [7, 11) is 0. The highest BCUT2D eigenvalue weighted by Gasteiger charge is 2.28. The fraction of sp³-hybridized carbons (Fsp3) is 0.667. The molecule has 0 saturated carbocycles. The number of carbonyl (C=O) groups excluding carboxylic acids is 3. The van der Waals surface area contributed by atoms with E-state index in [9.17, 15) is 24.0 Å². The minimum absolute atomic E-state index is 0.112. The second-order valence-corrected chi connectivity index (χ2v) is 6.27. The molecule has 0 radical (unpaired) electrons. The fourth-order valence-corrected chi connectivity index (χ4v) is 2.33. The van der Waals surface area contributed by atoms with Gasteiger partial charge in [0.2, 0.25) is 17.7 Å². The molecular weight excluding hydrogens is 394 g/mol. The molecule has 12 nitrogen and oxygen atoms in total. The van der Waals surface area contributed by atoms with Crippen molar-refractivity contribution in [3.8, 4) is 0 Å². The molecule has 0 bridgehead atoms. The van der Waals surface area contributed by atoms with E-state index in [1.54, 1.807) is 0 Å². The van der Waals surface area contributed by atoms with Gasteiger partial charge in [0.1, 0.15) is 18.6 Å². The number of carbonyl (C=O) groups is 5. The average Bonchev–Trinajstić information content (AvgIpc) is 2.62. The first-order chi connectivity index (χ1) is 13.1. The maximum Gasteiger partial charge on any atom is 0.322 e. The number of amides is 3. The lowest BCUT2D eigenvalue weighted by molar-refractivity contribution is -0.139. The molecule has 0 aliphatic carbocycles. The number of aliphatic carboxylic acids is 2. The normalized spacial score (nSPS) is 13.7. The Kier molecular flexibility index (Phi) is 12.6. The second-order valence-electron chi connectivity index (χ2n) is 5.91. The first-order valence-corrected chi connectivity index (χ1v) is 9.14. The number of hydrogen-bond acceptors (Lipinski definition) is 8. The van der Waals surface area contributed by atoms with Crippen LogP contribution < -0.4 is 27.4 Å².